The molecule has 1 aliphatic carbocycles. The van der Waals surface area contributed by atoms with Crippen LogP contribution in [0, 0.1) is 0 Å². The Hall–Kier alpha value is -1.04. The third-order valence-electron chi connectivity index (χ3n) is 3.69. The molecule has 1 aliphatic rings. The van der Waals surface area contributed by atoms with Gasteiger partial charge in [-0.05, 0) is 12.8 Å². The third kappa shape index (κ3) is 3.96. The molecule has 19 heavy (non-hydrogen) atoms. The fourth-order valence-electron chi connectivity index (χ4n) is 2.40. The molecule has 1 amide bonds. The standard InChI is InChI=1S/C13H22N4OS/c1-3-11-14-13(16-15-11)19-9-12(18)17(2)10-7-5-4-6-8-10/h10H,3-9H2,1-2H3,(H,14,15,16). The van der Waals surface area contributed by atoms with Crippen LogP contribution in [-0.2, 0) is 11.2 Å². The van der Waals surface area contributed by atoms with Crippen LogP contribution >= 0.6 is 11.8 Å². The number of aryl methyl sites for hydroxylation is 1. The van der Waals surface area contributed by atoms with Crippen molar-refractivity contribution in [3.8, 4) is 0 Å². The summed E-state index contributed by atoms with van der Waals surface area (Å²) in [6.07, 6.45) is 6.93. The number of amides is 1. The highest BCUT2D eigenvalue weighted by atomic mass is 32.2. The lowest BCUT2D eigenvalue weighted by Crippen LogP contribution is -2.39. The molecular weight excluding hydrogens is 260 g/mol. The van der Waals surface area contributed by atoms with Gasteiger partial charge in [0.05, 0.1) is 5.75 Å². The molecule has 2 rings (SSSR count). The van der Waals surface area contributed by atoms with E-state index in [1.165, 1.54) is 31.0 Å². The molecule has 5 nitrogen and oxygen atoms in total. The average Bonchev–Trinajstić information content (AvgIpc) is 2.93. The normalized spacial score (nSPS) is 16.5. The highest BCUT2D eigenvalue weighted by Crippen LogP contribution is 2.22. The van der Waals surface area contributed by atoms with Crippen molar-refractivity contribution in [3.05, 3.63) is 5.82 Å². The van der Waals surface area contributed by atoms with Gasteiger partial charge in [-0.1, -0.05) is 37.9 Å². The Morgan fingerprint density at radius 1 is 1.42 bits per heavy atom. The monoisotopic (exact) mass is 282 g/mol. The molecule has 1 aromatic rings. The fraction of sp³-hybridized carbons (Fsp3) is 0.769. The summed E-state index contributed by atoms with van der Waals surface area (Å²) in [6, 6.07) is 0.431. The summed E-state index contributed by atoms with van der Waals surface area (Å²) >= 11 is 1.41. The minimum absolute atomic E-state index is 0.180. The van der Waals surface area contributed by atoms with Gasteiger partial charge < -0.3 is 4.90 Å². The van der Waals surface area contributed by atoms with E-state index in [1.54, 1.807) is 0 Å². The van der Waals surface area contributed by atoms with Gasteiger partial charge in [0.25, 0.3) is 0 Å². The number of nitrogens with one attached hydrogen (secondary N) is 1. The number of rotatable bonds is 5. The summed E-state index contributed by atoms with van der Waals surface area (Å²) in [7, 11) is 1.92. The van der Waals surface area contributed by atoms with Crippen LogP contribution in [0.2, 0.25) is 0 Å². The highest BCUT2D eigenvalue weighted by Gasteiger charge is 2.22. The second kappa shape index (κ2) is 6.93. The van der Waals surface area contributed by atoms with Crippen molar-refractivity contribution in [2.75, 3.05) is 12.8 Å². The van der Waals surface area contributed by atoms with E-state index >= 15 is 0 Å². The first-order chi connectivity index (χ1) is 9.20. The Morgan fingerprint density at radius 3 is 2.79 bits per heavy atom. The van der Waals surface area contributed by atoms with Crippen molar-refractivity contribution in [2.24, 2.45) is 0 Å². The van der Waals surface area contributed by atoms with E-state index in [0.29, 0.717) is 17.0 Å². The first kappa shape index (κ1) is 14.4. The summed E-state index contributed by atoms with van der Waals surface area (Å²) in [4.78, 5) is 18.3. The number of carbonyl (C=O) groups is 1. The molecule has 0 bridgehead atoms. The van der Waals surface area contributed by atoms with Crippen LogP contribution in [0.1, 0.15) is 44.9 Å². The van der Waals surface area contributed by atoms with E-state index in [1.807, 2.05) is 18.9 Å². The Balaban J connectivity index is 1.79. The van der Waals surface area contributed by atoms with Crippen molar-refractivity contribution >= 4 is 17.7 Å². The van der Waals surface area contributed by atoms with Crippen molar-refractivity contribution in [2.45, 2.75) is 56.6 Å². The smallest absolute Gasteiger partial charge is 0.233 e. The van der Waals surface area contributed by atoms with E-state index in [2.05, 4.69) is 15.2 Å². The number of hydrogen-bond acceptors (Lipinski definition) is 4. The summed E-state index contributed by atoms with van der Waals surface area (Å²) in [5.74, 6) is 1.48. The molecule has 0 atom stereocenters. The Morgan fingerprint density at radius 2 is 2.16 bits per heavy atom. The number of H-pyrrole nitrogens is 1. The first-order valence-corrected chi connectivity index (χ1v) is 7.99. The van der Waals surface area contributed by atoms with Gasteiger partial charge in [0, 0.05) is 19.5 Å². The Kier molecular flexibility index (Phi) is 5.24. The molecule has 0 saturated heterocycles. The van der Waals surface area contributed by atoms with Crippen molar-refractivity contribution in [1.29, 1.82) is 0 Å². The molecule has 1 saturated carbocycles. The molecule has 0 unspecified atom stereocenters. The largest absolute Gasteiger partial charge is 0.342 e. The van der Waals surface area contributed by atoms with E-state index in [9.17, 15) is 4.79 Å². The number of carbonyl (C=O) groups excluding carboxylic acids is 1. The van der Waals surface area contributed by atoms with E-state index in [-0.39, 0.29) is 5.91 Å². The zero-order valence-electron chi connectivity index (χ0n) is 11.7. The molecule has 1 N–H and O–H groups in total. The van der Waals surface area contributed by atoms with Gasteiger partial charge in [-0.2, -0.15) is 0 Å². The van der Waals surface area contributed by atoms with E-state index < -0.39 is 0 Å². The molecule has 0 aliphatic heterocycles. The van der Waals surface area contributed by atoms with Crippen LogP contribution < -0.4 is 0 Å². The van der Waals surface area contributed by atoms with Gasteiger partial charge in [0.15, 0.2) is 0 Å². The number of thioether (sulfide) groups is 1. The maximum Gasteiger partial charge on any atom is 0.233 e. The minimum atomic E-state index is 0.180. The van der Waals surface area contributed by atoms with Crippen LogP contribution in [0.4, 0.5) is 0 Å². The van der Waals surface area contributed by atoms with Crippen molar-refractivity contribution in [1.82, 2.24) is 20.1 Å². The van der Waals surface area contributed by atoms with Gasteiger partial charge in [-0.15, -0.1) is 5.10 Å². The first-order valence-electron chi connectivity index (χ1n) is 7.00. The summed E-state index contributed by atoms with van der Waals surface area (Å²) in [6.45, 7) is 2.02. The Labute approximate surface area is 118 Å². The molecule has 0 radical (unpaired) electrons. The lowest BCUT2D eigenvalue weighted by atomic mass is 9.94. The third-order valence-corrected chi connectivity index (χ3v) is 4.52. The van der Waals surface area contributed by atoms with Crippen LogP contribution in [0.3, 0.4) is 0 Å². The zero-order valence-corrected chi connectivity index (χ0v) is 12.5. The SMILES string of the molecule is CCc1nc(SCC(=O)N(C)C2CCCCC2)n[nH]1. The van der Waals surface area contributed by atoms with Crippen LogP contribution in [0.15, 0.2) is 5.16 Å². The molecule has 1 aromatic heterocycles. The second-order valence-electron chi connectivity index (χ2n) is 5.00. The van der Waals surface area contributed by atoms with Crippen molar-refractivity contribution in [3.63, 3.8) is 0 Å². The molecule has 0 spiro atoms. The maximum absolute atomic E-state index is 12.1. The van der Waals surface area contributed by atoms with Gasteiger partial charge in [-0.25, -0.2) is 4.98 Å². The lowest BCUT2D eigenvalue weighted by molar-refractivity contribution is -0.129. The quantitative estimate of drug-likeness (QED) is 0.841. The summed E-state index contributed by atoms with van der Waals surface area (Å²) < 4.78 is 0. The second-order valence-corrected chi connectivity index (χ2v) is 5.95. The average molecular weight is 282 g/mol. The number of aromatic amines is 1. The van der Waals surface area contributed by atoms with Crippen LogP contribution in [0.5, 0.6) is 0 Å². The lowest BCUT2D eigenvalue weighted by Gasteiger charge is -2.31. The predicted octanol–water partition coefficient (Wildman–Crippen LogP) is 2.25. The molecular formula is C13H22N4OS. The number of nitrogens with zero attached hydrogens (tertiary/aromatic N) is 3. The Bertz CT molecular complexity index is 415. The highest BCUT2D eigenvalue weighted by molar-refractivity contribution is 7.99. The summed E-state index contributed by atoms with van der Waals surface area (Å²) in [5.41, 5.74) is 0. The summed E-state index contributed by atoms with van der Waals surface area (Å²) in [5, 5.41) is 7.62. The molecule has 1 fully saturated rings. The van der Waals surface area contributed by atoms with E-state index in [0.717, 1.165) is 25.1 Å². The zero-order chi connectivity index (χ0) is 13.7. The van der Waals surface area contributed by atoms with Gasteiger partial charge in [0.2, 0.25) is 11.1 Å². The molecule has 106 valence electrons. The maximum atomic E-state index is 12.1. The van der Waals surface area contributed by atoms with Gasteiger partial charge in [-0.3, -0.25) is 9.89 Å². The molecule has 0 aromatic carbocycles. The minimum Gasteiger partial charge on any atom is -0.342 e. The predicted molar refractivity (Wildman–Crippen MR) is 76.1 cm³/mol. The molecule has 6 heteroatoms. The van der Waals surface area contributed by atoms with E-state index in [4.69, 9.17) is 0 Å². The number of aromatic nitrogens is 3. The topological polar surface area (TPSA) is 61.9 Å². The van der Waals surface area contributed by atoms with Gasteiger partial charge >= 0.3 is 0 Å². The number of hydrogen-bond donors (Lipinski definition) is 1. The van der Waals surface area contributed by atoms with Crippen LogP contribution in [-0.4, -0.2) is 44.8 Å². The van der Waals surface area contributed by atoms with Gasteiger partial charge in [0.1, 0.15) is 5.82 Å². The fourth-order valence-corrected chi connectivity index (χ4v) is 3.14. The van der Waals surface area contributed by atoms with Crippen LogP contribution in [0.25, 0.3) is 0 Å². The van der Waals surface area contributed by atoms with Crippen molar-refractivity contribution < 1.29 is 4.79 Å². The molecule has 1 heterocycles.